The molecule has 1 aromatic carbocycles. The molecule has 92 valence electrons. The molecule has 0 aliphatic carbocycles. The van der Waals surface area contributed by atoms with Gasteiger partial charge in [0.05, 0.1) is 12.4 Å². The lowest BCUT2D eigenvalue weighted by molar-refractivity contribution is 0.424. The van der Waals surface area contributed by atoms with Gasteiger partial charge in [0, 0.05) is 25.1 Å². The molecular weight excluding hydrogens is 233 g/mol. The predicted octanol–water partition coefficient (Wildman–Crippen LogP) is 2.09. The van der Waals surface area contributed by atoms with Crippen molar-refractivity contribution < 1.29 is 9.13 Å². The minimum Gasteiger partial charge on any atom is -0.454 e. The molecule has 5 heteroatoms. The molecule has 1 aliphatic rings. The van der Waals surface area contributed by atoms with Crippen molar-refractivity contribution in [2.45, 2.75) is 5.92 Å². The van der Waals surface area contributed by atoms with E-state index in [1.165, 1.54) is 12.1 Å². The molecule has 0 radical (unpaired) electrons. The molecule has 0 bridgehead atoms. The Morgan fingerprint density at radius 1 is 1.17 bits per heavy atom. The zero-order valence-corrected chi connectivity index (χ0v) is 9.64. The van der Waals surface area contributed by atoms with E-state index in [-0.39, 0.29) is 5.82 Å². The highest BCUT2D eigenvalue weighted by atomic mass is 19.1. The van der Waals surface area contributed by atoms with E-state index in [0.717, 1.165) is 18.9 Å². The van der Waals surface area contributed by atoms with Gasteiger partial charge in [0.15, 0.2) is 5.75 Å². The lowest BCUT2D eigenvalue weighted by atomic mass is 10.0. The Kier molecular flexibility index (Phi) is 2.90. The number of benzene rings is 1. The summed E-state index contributed by atoms with van der Waals surface area (Å²) in [7, 11) is 0. The van der Waals surface area contributed by atoms with Crippen LogP contribution in [0.3, 0.4) is 0 Å². The summed E-state index contributed by atoms with van der Waals surface area (Å²) in [5, 5.41) is 3.17. The van der Waals surface area contributed by atoms with E-state index in [4.69, 9.17) is 4.74 Å². The largest absolute Gasteiger partial charge is 0.454 e. The SMILES string of the molecule is Fc1cccc(Oc2cnc(C3CNC3)nc2)c1. The van der Waals surface area contributed by atoms with Gasteiger partial charge >= 0.3 is 0 Å². The van der Waals surface area contributed by atoms with Crippen LogP contribution in [-0.4, -0.2) is 23.1 Å². The second-order valence-electron chi connectivity index (χ2n) is 4.19. The Balaban J connectivity index is 1.72. The fraction of sp³-hybridized carbons (Fsp3) is 0.231. The van der Waals surface area contributed by atoms with Crippen molar-refractivity contribution in [1.82, 2.24) is 15.3 Å². The van der Waals surface area contributed by atoms with Gasteiger partial charge in [0.1, 0.15) is 17.4 Å². The number of rotatable bonds is 3. The summed E-state index contributed by atoms with van der Waals surface area (Å²) in [5.41, 5.74) is 0. The minimum atomic E-state index is -0.328. The lowest BCUT2D eigenvalue weighted by Gasteiger charge is -2.25. The van der Waals surface area contributed by atoms with Crippen molar-refractivity contribution in [3.05, 3.63) is 48.3 Å². The number of hydrogen-bond donors (Lipinski definition) is 1. The van der Waals surface area contributed by atoms with Crippen molar-refractivity contribution in [3.63, 3.8) is 0 Å². The number of halogens is 1. The molecule has 0 unspecified atom stereocenters. The quantitative estimate of drug-likeness (QED) is 0.899. The molecule has 1 fully saturated rings. The van der Waals surface area contributed by atoms with E-state index in [2.05, 4.69) is 15.3 Å². The molecule has 2 aromatic rings. The number of nitrogens with zero attached hydrogens (tertiary/aromatic N) is 2. The van der Waals surface area contributed by atoms with Gasteiger partial charge in [-0.1, -0.05) is 6.07 Å². The number of aromatic nitrogens is 2. The van der Waals surface area contributed by atoms with Crippen LogP contribution in [0.15, 0.2) is 36.7 Å². The number of hydrogen-bond acceptors (Lipinski definition) is 4. The second-order valence-corrected chi connectivity index (χ2v) is 4.19. The van der Waals surface area contributed by atoms with Crippen molar-refractivity contribution >= 4 is 0 Å². The summed E-state index contributed by atoms with van der Waals surface area (Å²) in [6.45, 7) is 1.84. The number of nitrogens with one attached hydrogen (secondary N) is 1. The Bertz CT molecular complexity index is 540. The Hall–Kier alpha value is -2.01. The first-order valence-electron chi connectivity index (χ1n) is 5.77. The van der Waals surface area contributed by atoms with Crippen molar-refractivity contribution in [2.75, 3.05) is 13.1 Å². The average molecular weight is 245 g/mol. The zero-order valence-electron chi connectivity index (χ0n) is 9.64. The molecule has 0 amide bonds. The molecule has 1 saturated heterocycles. The third-order valence-electron chi connectivity index (χ3n) is 2.83. The molecule has 1 N–H and O–H groups in total. The Labute approximate surface area is 104 Å². The first-order valence-corrected chi connectivity index (χ1v) is 5.77. The van der Waals surface area contributed by atoms with Crippen LogP contribution in [0.5, 0.6) is 11.5 Å². The summed E-state index contributed by atoms with van der Waals surface area (Å²) >= 11 is 0. The normalized spacial score (nSPS) is 15.2. The van der Waals surface area contributed by atoms with Crippen LogP contribution in [0.25, 0.3) is 0 Å². The predicted molar refractivity (Wildman–Crippen MR) is 64.1 cm³/mol. The second kappa shape index (κ2) is 4.70. The van der Waals surface area contributed by atoms with Gasteiger partial charge in [-0.2, -0.15) is 0 Å². The van der Waals surface area contributed by atoms with Gasteiger partial charge in [-0.25, -0.2) is 14.4 Å². The molecule has 1 aliphatic heterocycles. The van der Waals surface area contributed by atoms with Crippen LogP contribution in [0.4, 0.5) is 4.39 Å². The molecule has 0 spiro atoms. The Morgan fingerprint density at radius 2 is 1.94 bits per heavy atom. The molecular formula is C13H12FN3O. The summed E-state index contributed by atoms with van der Waals surface area (Å²) in [6, 6.07) is 5.98. The fourth-order valence-electron chi connectivity index (χ4n) is 1.73. The summed E-state index contributed by atoms with van der Waals surface area (Å²) < 4.78 is 18.4. The maximum atomic E-state index is 13.0. The van der Waals surface area contributed by atoms with Crippen molar-refractivity contribution in [3.8, 4) is 11.5 Å². The minimum absolute atomic E-state index is 0.328. The van der Waals surface area contributed by atoms with E-state index in [1.54, 1.807) is 24.5 Å². The van der Waals surface area contributed by atoms with Gasteiger partial charge in [-0.15, -0.1) is 0 Å². The molecule has 1 aromatic heterocycles. The highest BCUT2D eigenvalue weighted by Crippen LogP contribution is 2.22. The van der Waals surface area contributed by atoms with E-state index in [9.17, 15) is 4.39 Å². The van der Waals surface area contributed by atoms with Gasteiger partial charge in [-0.3, -0.25) is 0 Å². The first-order chi connectivity index (χ1) is 8.81. The molecule has 4 nitrogen and oxygen atoms in total. The van der Waals surface area contributed by atoms with Gasteiger partial charge in [0.2, 0.25) is 0 Å². The lowest BCUT2D eigenvalue weighted by Crippen LogP contribution is -2.40. The molecule has 0 saturated carbocycles. The van der Waals surface area contributed by atoms with E-state index in [1.807, 2.05) is 0 Å². The third kappa shape index (κ3) is 2.31. The van der Waals surface area contributed by atoms with Gasteiger partial charge in [-0.05, 0) is 12.1 Å². The molecule has 2 heterocycles. The van der Waals surface area contributed by atoms with Crippen LogP contribution in [0.1, 0.15) is 11.7 Å². The summed E-state index contributed by atoms with van der Waals surface area (Å²) in [6.07, 6.45) is 3.23. The molecule has 18 heavy (non-hydrogen) atoms. The van der Waals surface area contributed by atoms with E-state index >= 15 is 0 Å². The van der Waals surface area contributed by atoms with Gasteiger partial charge in [0.25, 0.3) is 0 Å². The summed E-state index contributed by atoms with van der Waals surface area (Å²) in [4.78, 5) is 8.50. The highest BCUT2D eigenvalue weighted by Gasteiger charge is 2.21. The van der Waals surface area contributed by atoms with Crippen molar-refractivity contribution in [2.24, 2.45) is 0 Å². The van der Waals surface area contributed by atoms with Crippen LogP contribution in [0.2, 0.25) is 0 Å². The van der Waals surface area contributed by atoms with Crippen LogP contribution < -0.4 is 10.1 Å². The standard InChI is InChI=1S/C13H12FN3O/c14-10-2-1-3-11(4-10)18-12-7-16-13(17-8-12)9-5-15-6-9/h1-4,7-9,15H,5-6H2. The fourth-order valence-corrected chi connectivity index (χ4v) is 1.73. The number of ether oxygens (including phenoxy) is 1. The first kappa shape index (κ1) is 11.1. The molecule has 3 rings (SSSR count). The Morgan fingerprint density at radius 3 is 2.56 bits per heavy atom. The maximum Gasteiger partial charge on any atom is 0.164 e. The topological polar surface area (TPSA) is 47.0 Å². The van der Waals surface area contributed by atoms with Crippen LogP contribution >= 0.6 is 0 Å². The monoisotopic (exact) mass is 245 g/mol. The zero-order chi connectivity index (χ0) is 12.4. The van der Waals surface area contributed by atoms with Crippen molar-refractivity contribution in [1.29, 1.82) is 0 Å². The average Bonchev–Trinajstić information content (AvgIpc) is 2.29. The van der Waals surface area contributed by atoms with Crippen LogP contribution in [0, 0.1) is 5.82 Å². The smallest absolute Gasteiger partial charge is 0.164 e. The van der Waals surface area contributed by atoms with E-state index < -0.39 is 0 Å². The third-order valence-corrected chi connectivity index (χ3v) is 2.83. The van der Waals surface area contributed by atoms with Gasteiger partial charge < -0.3 is 10.1 Å². The highest BCUT2D eigenvalue weighted by molar-refractivity contribution is 5.28. The maximum absolute atomic E-state index is 13.0. The van der Waals surface area contributed by atoms with E-state index in [0.29, 0.717) is 17.4 Å². The molecule has 0 atom stereocenters. The summed E-state index contributed by atoms with van der Waals surface area (Å²) in [5.74, 6) is 1.84. The van der Waals surface area contributed by atoms with Crippen LogP contribution in [-0.2, 0) is 0 Å².